The molecule has 3 rings (SSSR count). The number of nitrogens with zero attached hydrogens (tertiary/aromatic N) is 1. The number of rotatable bonds is 6. The molecule has 2 aromatic rings. The Hall–Kier alpha value is -2.07. The molecule has 1 heteroatoms. The molecule has 25 heavy (non-hydrogen) atoms. The lowest BCUT2D eigenvalue weighted by Gasteiger charge is -2.28. The van der Waals surface area contributed by atoms with E-state index in [1.54, 1.807) is 0 Å². The van der Waals surface area contributed by atoms with E-state index in [-0.39, 0.29) is 0 Å². The Labute approximate surface area is 152 Å². The van der Waals surface area contributed by atoms with Gasteiger partial charge >= 0.3 is 0 Å². The molecule has 1 aliphatic rings. The zero-order chi connectivity index (χ0) is 17.5. The van der Waals surface area contributed by atoms with Gasteiger partial charge in [-0.05, 0) is 53.5 Å². The van der Waals surface area contributed by atoms with Crippen molar-refractivity contribution < 1.29 is 0 Å². The Morgan fingerprint density at radius 1 is 0.800 bits per heavy atom. The van der Waals surface area contributed by atoms with E-state index in [1.807, 2.05) is 24.3 Å². The van der Waals surface area contributed by atoms with Crippen molar-refractivity contribution in [2.45, 2.75) is 58.3 Å². The molecule has 0 bridgehead atoms. The van der Waals surface area contributed by atoms with Gasteiger partial charge in [-0.25, -0.2) is 0 Å². The average Bonchev–Trinajstić information content (AvgIpc) is 2.68. The van der Waals surface area contributed by atoms with E-state index in [4.69, 9.17) is 5.26 Å². The molecule has 1 nitrogen and oxygen atoms in total. The maximum atomic E-state index is 8.89. The van der Waals surface area contributed by atoms with Crippen LogP contribution in [0, 0.1) is 23.2 Å². The first-order valence-corrected chi connectivity index (χ1v) is 9.88. The number of hydrogen-bond acceptors (Lipinski definition) is 1. The fourth-order valence-corrected chi connectivity index (χ4v) is 4.19. The Bertz CT molecular complexity index is 682. The maximum Gasteiger partial charge on any atom is 0.0991 e. The van der Waals surface area contributed by atoms with Gasteiger partial charge in [0, 0.05) is 0 Å². The topological polar surface area (TPSA) is 23.8 Å². The summed E-state index contributed by atoms with van der Waals surface area (Å²) in [6.07, 6.45) is 11.1. The predicted octanol–water partition coefficient (Wildman–Crippen LogP) is 6.76. The number of hydrogen-bond donors (Lipinski definition) is 0. The van der Waals surface area contributed by atoms with Crippen LogP contribution < -0.4 is 0 Å². The predicted molar refractivity (Wildman–Crippen MR) is 105 cm³/mol. The molecule has 2 aromatic carbocycles. The highest BCUT2D eigenvalue weighted by Crippen LogP contribution is 2.34. The van der Waals surface area contributed by atoms with Crippen LogP contribution >= 0.6 is 0 Å². The molecule has 0 aliphatic heterocycles. The minimum absolute atomic E-state index is 0.717. The van der Waals surface area contributed by atoms with Crippen LogP contribution in [0.5, 0.6) is 0 Å². The second kappa shape index (κ2) is 8.86. The summed E-state index contributed by atoms with van der Waals surface area (Å²) in [5.41, 5.74) is 4.58. The zero-order valence-corrected chi connectivity index (χ0v) is 15.4. The summed E-state index contributed by atoms with van der Waals surface area (Å²) >= 11 is 0. The first-order chi connectivity index (χ1) is 12.3. The third-order valence-electron chi connectivity index (χ3n) is 5.81. The molecule has 0 atom stereocenters. The van der Waals surface area contributed by atoms with Crippen molar-refractivity contribution in [1.29, 1.82) is 5.26 Å². The molecule has 0 unspecified atom stereocenters. The lowest BCUT2D eigenvalue weighted by molar-refractivity contribution is 0.252. The van der Waals surface area contributed by atoms with Gasteiger partial charge in [-0.3, -0.25) is 0 Å². The van der Waals surface area contributed by atoms with E-state index in [2.05, 4.69) is 37.3 Å². The van der Waals surface area contributed by atoms with Crippen molar-refractivity contribution in [3.8, 4) is 17.2 Å². The molecule has 1 aliphatic carbocycles. The summed E-state index contributed by atoms with van der Waals surface area (Å²) in [4.78, 5) is 0. The molecular weight excluding hydrogens is 302 g/mol. The summed E-state index contributed by atoms with van der Waals surface area (Å²) in [5, 5.41) is 8.89. The summed E-state index contributed by atoms with van der Waals surface area (Å²) in [7, 11) is 0. The van der Waals surface area contributed by atoms with Crippen LogP contribution in [-0.4, -0.2) is 0 Å². The first-order valence-electron chi connectivity index (χ1n) is 9.88. The second-order valence-corrected chi connectivity index (χ2v) is 7.60. The molecule has 1 fully saturated rings. The summed E-state index contributed by atoms with van der Waals surface area (Å²) in [6, 6.07) is 19.0. The average molecular weight is 332 g/mol. The van der Waals surface area contributed by atoms with Crippen LogP contribution in [0.15, 0.2) is 48.5 Å². The third-order valence-corrected chi connectivity index (χ3v) is 5.81. The molecule has 130 valence electrons. The maximum absolute atomic E-state index is 8.89. The van der Waals surface area contributed by atoms with Gasteiger partial charge in [-0.1, -0.05) is 81.8 Å². The van der Waals surface area contributed by atoms with E-state index in [0.29, 0.717) is 5.56 Å². The standard InChI is InChI=1S/C24H29N/c1-2-3-19-4-6-20(7-5-19)8-9-21-10-14-23(15-11-21)24-16-12-22(18-25)13-17-24/h10-17,19-20H,2-9H2,1H3. The lowest BCUT2D eigenvalue weighted by atomic mass is 9.78. The van der Waals surface area contributed by atoms with E-state index < -0.39 is 0 Å². The van der Waals surface area contributed by atoms with Crippen LogP contribution in [0.4, 0.5) is 0 Å². The van der Waals surface area contributed by atoms with Gasteiger partial charge in [0.15, 0.2) is 0 Å². The molecule has 0 aromatic heterocycles. The highest BCUT2D eigenvalue weighted by Gasteiger charge is 2.20. The summed E-state index contributed by atoms with van der Waals surface area (Å²) in [5.74, 6) is 1.94. The molecule has 0 radical (unpaired) electrons. The van der Waals surface area contributed by atoms with Crippen LogP contribution in [-0.2, 0) is 6.42 Å². The van der Waals surface area contributed by atoms with Gasteiger partial charge < -0.3 is 0 Å². The van der Waals surface area contributed by atoms with Gasteiger partial charge in [0.2, 0.25) is 0 Å². The van der Waals surface area contributed by atoms with Crippen molar-refractivity contribution in [3.63, 3.8) is 0 Å². The van der Waals surface area contributed by atoms with Crippen molar-refractivity contribution >= 4 is 0 Å². The lowest BCUT2D eigenvalue weighted by Crippen LogP contribution is -2.15. The highest BCUT2D eigenvalue weighted by atomic mass is 14.3. The number of nitriles is 1. The van der Waals surface area contributed by atoms with Crippen LogP contribution in [0.1, 0.15) is 63.0 Å². The van der Waals surface area contributed by atoms with Crippen LogP contribution in [0.3, 0.4) is 0 Å². The largest absolute Gasteiger partial charge is 0.192 e. The minimum atomic E-state index is 0.717. The van der Waals surface area contributed by atoms with Gasteiger partial charge in [0.25, 0.3) is 0 Å². The Morgan fingerprint density at radius 2 is 1.32 bits per heavy atom. The van der Waals surface area contributed by atoms with Crippen LogP contribution in [0.25, 0.3) is 11.1 Å². The van der Waals surface area contributed by atoms with Gasteiger partial charge in [0.1, 0.15) is 0 Å². The Kier molecular flexibility index (Phi) is 6.29. The zero-order valence-electron chi connectivity index (χ0n) is 15.4. The van der Waals surface area contributed by atoms with Gasteiger partial charge in [0.05, 0.1) is 11.6 Å². The molecule has 0 spiro atoms. The summed E-state index contributed by atoms with van der Waals surface area (Å²) in [6.45, 7) is 2.31. The summed E-state index contributed by atoms with van der Waals surface area (Å²) < 4.78 is 0. The van der Waals surface area contributed by atoms with E-state index in [9.17, 15) is 0 Å². The van der Waals surface area contributed by atoms with Crippen LogP contribution in [0.2, 0.25) is 0 Å². The fraction of sp³-hybridized carbons (Fsp3) is 0.458. The molecule has 0 N–H and O–H groups in total. The fourth-order valence-electron chi connectivity index (χ4n) is 4.19. The van der Waals surface area contributed by atoms with Crippen molar-refractivity contribution in [2.24, 2.45) is 11.8 Å². The number of benzene rings is 2. The van der Waals surface area contributed by atoms with Gasteiger partial charge in [-0.15, -0.1) is 0 Å². The molecular formula is C24H29N. The van der Waals surface area contributed by atoms with Crippen molar-refractivity contribution in [1.82, 2.24) is 0 Å². The number of aryl methyl sites for hydroxylation is 1. The molecule has 1 saturated carbocycles. The second-order valence-electron chi connectivity index (χ2n) is 7.60. The van der Waals surface area contributed by atoms with Crippen molar-refractivity contribution in [2.75, 3.05) is 0 Å². The normalized spacial score (nSPS) is 20.2. The van der Waals surface area contributed by atoms with E-state index in [0.717, 1.165) is 11.8 Å². The van der Waals surface area contributed by atoms with E-state index in [1.165, 1.54) is 68.1 Å². The third kappa shape index (κ3) is 4.95. The molecule has 0 amide bonds. The SMILES string of the molecule is CCCC1CCC(CCc2ccc(-c3ccc(C#N)cc3)cc2)CC1. The first kappa shape index (κ1) is 17.7. The monoisotopic (exact) mass is 331 g/mol. The van der Waals surface area contributed by atoms with Gasteiger partial charge in [-0.2, -0.15) is 5.26 Å². The quantitative estimate of drug-likeness (QED) is 0.573. The Balaban J connectivity index is 1.50. The Morgan fingerprint density at radius 3 is 1.84 bits per heavy atom. The highest BCUT2D eigenvalue weighted by molar-refractivity contribution is 5.64. The van der Waals surface area contributed by atoms with Crippen molar-refractivity contribution in [3.05, 3.63) is 59.7 Å². The smallest absolute Gasteiger partial charge is 0.0991 e. The molecule has 0 heterocycles. The molecule has 0 saturated heterocycles. The van der Waals surface area contributed by atoms with E-state index >= 15 is 0 Å². The minimum Gasteiger partial charge on any atom is -0.192 e.